The van der Waals surface area contributed by atoms with Gasteiger partial charge in [-0.3, -0.25) is 4.79 Å². The number of hydrogen-bond acceptors (Lipinski definition) is 4. The number of phenolic OH excluding ortho intramolecular Hbond substituents is 1. The minimum absolute atomic E-state index is 0.121. The number of phenols is 1. The van der Waals surface area contributed by atoms with Crippen molar-refractivity contribution in [1.82, 2.24) is 0 Å². The van der Waals surface area contributed by atoms with Gasteiger partial charge in [0.1, 0.15) is 12.3 Å². The molecule has 0 radical (unpaired) electrons. The number of fused-ring (bicyclic) bond motifs is 1. The number of Topliss-reactive ketones (excluding diaryl/α,β-unsaturated/α-hetero) is 1. The predicted octanol–water partition coefficient (Wildman–Crippen LogP) is 2.49. The maximum absolute atomic E-state index is 12.5. The molecule has 2 aromatic rings. The molecule has 0 atom stereocenters. The molecular weight excluding hydrogens is 310 g/mol. The van der Waals surface area contributed by atoms with E-state index in [0.717, 1.165) is 18.0 Å². The second kappa shape index (κ2) is 6.56. The predicted molar refractivity (Wildman–Crippen MR) is 91.1 cm³/mol. The van der Waals surface area contributed by atoms with E-state index in [1.807, 2.05) is 17.5 Å². The van der Waals surface area contributed by atoms with Crippen molar-refractivity contribution in [2.24, 2.45) is 0 Å². The van der Waals surface area contributed by atoms with Gasteiger partial charge in [-0.05, 0) is 37.4 Å². The molecule has 0 saturated carbocycles. The molecule has 23 heavy (non-hydrogen) atoms. The molecule has 2 N–H and O–H groups in total. The molecule has 0 saturated heterocycles. The van der Waals surface area contributed by atoms with E-state index in [0.29, 0.717) is 29.2 Å². The van der Waals surface area contributed by atoms with Gasteiger partial charge in [0.2, 0.25) is 5.78 Å². The fraction of sp³-hybridized carbons (Fsp3) is 0.278. The zero-order valence-electron chi connectivity index (χ0n) is 13.3. The van der Waals surface area contributed by atoms with Gasteiger partial charge in [0.25, 0.3) is 0 Å². The first-order valence-electron chi connectivity index (χ1n) is 7.80. The molecule has 4 nitrogen and oxygen atoms in total. The van der Waals surface area contributed by atoms with Crippen LogP contribution in [0, 0.1) is 0 Å². The SMILES string of the molecule is CC[NH+](CC)Cc1c(O)ccc2c1O/C(=C\c1cccs1)C2=O. The van der Waals surface area contributed by atoms with Crippen molar-refractivity contribution in [2.45, 2.75) is 20.4 Å². The summed E-state index contributed by atoms with van der Waals surface area (Å²) >= 11 is 1.55. The molecule has 0 unspecified atom stereocenters. The third-order valence-electron chi connectivity index (χ3n) is 4.16. The quantitative estimate of drug-likeness (QED) is 0.828. The number of quaternary nitrogens is 1. The van der Waals surface area contributed by atoms with Crippen LogP contribution in [0.2, 0.25) is 0 Å². The maximum atomic E-state index is 12.5. The summed E-state index contributed by atoms with van der Waals surface area (Å²) < 4.78 is 5.84. The molecule has 1 aliphatic heterocycles. The number of rotatable bonds is 5. The molecule has 120 valence electrons. The van der Waals surface area contributed by atoms with E-state index < -0.39 is 0 Å². The van der Waals surface area contributed by atoms with E-state index in [-0.39, 0.29) is 11.5 Å². The van der Waals surface area contributed by atoms with Crippen LogP contribution in [-0.2, 0) is 6.54 Å². The van der Waals surface area contributed by atoms with Gasteiger partial charge in [0, 0.05) is 11.0 Å². The second-order valence-corrected chi connectivity index (χ2v) is 6.51. The van der Waals surface area contributed by atoms with Crippen molar-refractivity contribution in [2.75, 3.05) is 13.1 Å². The lowest BCUT2D eigenvalue weighted by Gasteiger charge is -2.17. The topological polar surface area (TPSA) is 51.0 Å². The Labute approximate surface area is 139 Å². The van der Waals surface area contributed by atoms with Gasteiger partial charge in [-0.1, -0.05) is 6.07 Å². The number of aromatic hydroxyl groups is 1. The van der Waals surface area contributed by atoms with Gasteiger partial charge >= 0.3 is 0 Å². The van der Waals surface area contributed by atoms with Crippen LogP contribution in [-0.4, -0.2) is 24.0 Å². The van der Waals surface area contributed by atoms with Gasteiger partial charge in [-0.2, -0.15) is 0 Å². The lowest BCUT2D eigenvalue weighted by atomic mass is 10.0. The summed E-state index contributed by atoms with van der Waals surface area (Å²) in [6.45, 7) is 6.75. The smallest absolute Gasteiger partial charge is 0.232 e. The van der Waals surface area contributed by atoms with Crippen LogP contribution in [0.5, 0.6) is 11.5 Å². The molecule has 1 aliphatic rings. The highest BCUT2D eigenvalue weighted by atomic mass is 32.1. The third-order valence-corrected chi connectivity index (χ3v) is 4.98. The van der Waals surface area contributed by atoms with Crippen molar-refractivity contribution >= 4 is 23.2 Å². The molecule has 0 spiro atoms. The zero-order valence-corrected chi connectivity index (χ0v) is 14.1. The minimum atomic E-state index is -0.121. The van der Waals surface area contributed by atoms with Crippen LogP contribution in [0.25, 0.3) is 6.08 Å². The van der Waals surface area contributed by atoms with Crippen molar-refractivity contribution < 1.29 is 19.5 Å². The van der Waals surface area contributed by atoms with Crippen LogP contribution in [0.4, 0.5) is 0 Å². The Kier molecular flexibility index (Phi) is 4.50. The Morgan fingerprint density at radius 2 is 2.04 bits per heavy atom. The molecule has 1 aromatic heterocycles. The standard InChI is InChI=1S/C18H19NO3S/c1-3-19(4-2)11-14-15(20)8-7-13-17(21)16(22-18(13)14)10-12-6-5-9-23-12/h5-10,20H,3-4,11H2,1-2H3/p+1/b16-10-. The van der Waals surface area contributed by atoms with Gasteiger partial charge < -0.3 is 14.7 Å². The molecule has 0 fully saturated rings. The fourth-order valence-corrected chi connectivity index (χ4v) is 3.37. The number of carbonyl (C=O) groups excluding carboxylic acids is 1. The second-order valence-electron chi connectivity index (χ2n) is 5.53. The number of ether oxygens (including phenoxy) is 1. The van der Waals surface area contributed by atoms with E-state index in [4.69, 9.17) is 4.74 Å². The Morgan fingerprint density at radius 3 is 2.70 bits per heavy atom. The van der Waals surface area contributed by atoms with E-state index >= 15 is 0 Å². The fourth-order valence-electron chi connectivity index (χ4n) is 2.72. The molecule has 0 bridgehead atoms. The van der Waals surface area contributed by atoms with Crippen molar-refractivity contribution in [3.63, 3.8) is 0 Å². The average Bonchev–Trinajstić information content (AvgIpc) is 3.16. The highest BCUT2D eigenvalue weighted by Crippen LogP contribution is 2.39. The number of benzene rings is 1. The number of nitrogens with one attached hydrogen (secondary N) is 1. The van der Waals surface area contributed by atoms with Gasteiger partial charge in [0.05, 0.1) is 24.2 Å². The molecule has 1 aromatic carbocycles. The molecule has 0 amide bonds. The highest BCUT2D eigenvalue weighted by molar-refractivity contribution is 7.10. The molecule has 2 heterocycles. The zero-order chi connectivity index (χ0) is 16.4. The Morgan fingerprint density at radius 1 is 1.26 bits per heavy atom. The van der Waals surface area contributed by atoms with Gasteiger partial charge in [-0.25, -0.2) is 0 Å². The third kappa shape index (κ3) is 3.02. The number of carbonyl (C=O) groups is 1. The first-order valence-corrected chi connectivity index (χ1v) is 8.68. The largest absolute Gasteiger partial charge is 0.507 e. The molecular formula is C18H20NO3S+. The van der Waals surface area contributed by atoms with E-state index in [2.05, 4.69) is 13.8 Å². The lowest BCUT2D eigenvalue weighted by molar-refractivity contribution is -0.910. The lowest BCUT2D eigenvalue weighted by Crippen LogP contribution is -3.10. The van der Waals surface area contributed by atoms with Crippen LogP contribution < -0.4 is 9.64 Å². The first-order chi connectivity index (χ1) is 11.1. The molecule has 3 rings (SSSR count). The Hall–Kier alpha value is -2.11. The van der Waals surface area contributed by atoms with Crippen molar-refractivity contribution in [1.29, 1.82) is 0 Å². The molecule has 0 aliphatic carbocycles. The van der Waals surface area contributed by atoms with E-state index in [1.54, 1.807) is 29.5 Å². The monoisotopic (exact) mass is 330 g/mol. The summed E-state index contributed by atoms with van der Waals surface area (Å²) in [6, 6.07) is 7.11. The summed E-state index contributed by atoms with van der Waals surface area (Å²) in [7, 11) is 0. The summed E-state index contributed by atoms with van der Waals surface area (Å²) in [6.07, 6.45) is 1.76. The van der Waals surface area contributed by atoms with Crippen molar-refractivity contribution in [3.05, 3.63) is 51.4 Å². The van der Waals surface area contributed by atoms with Crippen LogP contribution in [0.1, 0.15) is 34.6 Å². The number of ketones is 1. The Balaban J connectivity index is 1.98. The van der Waals surface area contributed by atoms with Crippen LogP contribution in [0.3, 0.4) is 0 Å². The molecule has 5 heteroatoms. The van der Waals surface area contributed by atoms with Crippen LogP contribution in [0.15, 0.2) is 35.4 Å². The Bertz CT molecular complexity index is 746. The summed E-state index contributed by atoms with van der Waals surface area (Å²) in [4.78, 5) is 14.8. The van der Waals surface area contributed by atoms with E-state index in [1.165, 1.54) is 4.90 Å². The van der Waals surface area contributed by atoms with Gasteiger partial charge in [-0.15, -0.1) is 11.3 Å². The normalized spacial score (nSPS) is 15.3. The number of allylic oxidation sites excluding steroid dienone is 1. The van der Waals surface area contributed by atoms with Crippen LogP contribution >= 0.6 is 11.3 Å². The number of hydrogen-bond donors (Lipinski definition) is 2. The maximum Gasteiger partial charge on any atom is 0.232 e. The summed E-state index contributed by atoms with van der Waals surface area (Å²) in [5.74, 6) is 0.901. The van der Waals surface area contributed by atoms with Gasteiger partial charge in [0.15, 0.2) is 11.5 Å². The number of thiophene rings is 1. The minimum Gasteiger partial charge on any atom is -0.507 e. The first kappa shape index (κ1) is 15.8. The summed E-state index contributed by atoms with van der Waals surface area (Å²) in [5, 5.41) is 12.2. The summed E-state index contributed by atoms with van der Waals surface area (Å²) in [5.41, 5.74) is 1.25. The van der Waals surface area contributed by atoms with Crippen molar-refractivity contribution in [3.8, 4) is 11.5 Å². The van der Waals surface area contributed by atoms with E-state index in [9.17, 15) is 9.90 Å². The average molecular weight is 330 g/mol. The highest BCUT2D eigenvalue weighted by Gasteiger charge is 2.32.